The van der Waals surface area contributed by atoms with Crippen LogP contribution >= 0.6 is 11.6 Å². The van der Waals surface area contributed by atoms with Crippen molar-refractivity contribution in [3.8, 4) is 0 Å². The van der Waals surface area contributed by atoms with Gasteiger partial charge in [0.2, 0.25) is 0 Å². The Bertz CT molecular complexity index is 891. The predicted molar refractivity (Wildman–Crippen MR) is 104 cm³/mol. The molecule has 1 atom stereocenters. The maximum absolute atomic E-state index is 12.9. The SMILES string of the molecule is CNC(=O)N1CCC2(CC1)O[C@@H](C(=O)Nc1cccc(Cl)c1)Cn1ccnc12. The first-order chi connectivity index (χ1) is 13.5. The molecule has 2 aliphatic heterocycles. The molecule has 8 nitrogen and oxygen atoms in total. The number of fused-ring (bicyclic) bond motifs is 2. The lowest BCUT2D eigenvalue weighted by Crippen LogP contribution is -2.54. The molecule has 1 aromatic heterocycles. The fourth-order valence-electron chi connectivity index (χ4n) is 3.89. The highest BCUT2D eigenvalue weighted by molar-refractivity contribution is 6.30. The number of hydrogen-bond acceptors (Lipinski definition) is 4. The van der Waals surface area contributed by atoms with Gasteiger partial charge in [-0.2, -0.15) is 0 Å². The van der Waals surface area contributed by atoms with Gasteiger partial charge in [-0.05, 0) is 18.2 Å². The van der Waals surface area contributed by atoms with Crippen molar-refractivity contribution in [2.24, 2.45) is 0 Å². The number of amides is 3. The minimum absolute atomic E-state index is 0.107. The molecule has 2 aromatic rings. The van der Waals surface area contributed by atoms with Gasteiger partial charge in [0.05, 0.1) is 6.54 Å². The molecule has 3 heterocycles. The van der Waals surface area contributed by atoms with E-state index in [2.05, 4.69) is 15.6 Å². The van der Waals surface area contributed by atoms with Gasteiger partial charge in [-0.25, -0.2) is 9.78 Å². The lowest BCUT2D eigenvalue weighted by atomic mass is 9.88. The number of piperidine rings is 1. The lowest BCUT2D eigenvalue weighted by Gasteiger charge is -2.45. The molecular formula is C19H22ClN5O3. The lowest BCUT2D eigenvalue weighted by molar-refractivity contribution is -0.167. The summed E-state index contributed by atoms with van der Waals surface area (Å²) in [4.78, 5) is 31.0. The van der Waals surface area contributed by atoms with Crippen LogP contribution in [0.1, 0.15) is 18.7 Å². The Kier molecular flexibility index (Phi) is 4.99. The second-order valence-electron chi connectivity index (χ2n) is 7.05. The normalized spacial score (nSPS) is 20.5. The van der Waals surface area contributed by atoms with E-state index in [1.807, 2.05) is 10.8 Å². The Balaban J connectivity index is 1.53. The predicted octanol–water partition coefficient (Wildman–Crippen LogP) is 2.20. The number of hydrogen-bond donors (Lipinski definition) is 2. The van der Waals surface area contributed by atoms with Crippen LogP contribution in [0.2, 0.25) is 5.02 Å². The van der Waals surface area contributed by atoms with E-state index in [-0.39, 0.29) is 11.9 Å². The molecule has 0 saturated carbocycles. The molecule has 1 saturated heterocycles. The van der Waals surface area contributed by atoms with Gasteiger partial charge in [0.15, 0.2) is 6.10 Å². The zero-order valence-electron chi connectivity index (χ0n) is 15.5. The van der Waals surface area contributed by atoms with E-state index >= 15 is 0 Å². The Hall–Kier alpha value is -2.58. The van der Waals surface area contributed by atoms with Gasteiger partial charge in [-0.1, -0.05) is 17.7 Å². The fraction of sp³-hybridized carbons (Fsp3) is 0.421. The number of urea groups is 1. The summed E-state index contributed by atoms with van der Waals surface area (Å²) in [6.45, 7) is 1.47. The van der Waals surface area contributed by atoms with E-state index in [1.54, 1.807) is 42.4 Å². The third kappa shape index (κ3) is 3.45. The first kappa shape index (κ1) is 18.8. The molecule has 3 amide bonds. The van der Waals surface area contributed by atoms with Crippen LogP contribution in [0, 0.1) is 0 Å². The van der Waals surface area contributed by atoms with E-state index in [0.717, 1.165) is 5.82 Å². The highest BCUT2D eigenvalue weighted by atomic mass is 35.5. The zero-order valence-corrected chi connectivity index (χ0v) is 16.3. The van der Waals surface area contributed by atoms with Crippen molar-refractivity contribution in [3.63, 3.8) is 0 Å². The molecule has 0 unspecified atom stereocenters. The smallest absolute Gasteiger partial charge is 0.317 e. The van der Waals surface area contributed by atoms with Crippen molar-refractivity contribution in [2.75, 3.05) is 25.5 Å². The van der Waals surface area contributed by atoms with Crippen LogP contribution in [0.15, 0.2) is 36.7 Å². The topological polar surface area (TPSA) is 88.5 Å². The fourth-order valence-corrected chi connectivity index (χ4v) is 4.08. The van der Waals surface area contributed by atoms with Crippen molar-refractivity contribution in [1.29, 1.82) is 0 Å². The number of ether oxygens (including phenoxy) is 1. The monoisotopic (exact) mass is 403 g/mol. The highest BCUT2D eigenvalue weighted by Gasteiger charge is 2.47. The number of likely N-dealkylation sites (tertiary alicyclic amines) is 1. The summed E-state index contributed by atoms with van der Waals surface area (Å²) in [6.07, 6.45) is 4.09. The van der Waals surface area contributed by atoms with Crippen LogP contribution in [-0.2, 0) is 21.7 Å². The first-order valence-corrected chi connectivity index (χ1v) is 9.61. The average molecular weight is 404 g/mol. The van der Waals surface area contributed by atoms with Crippen molar-refractivity contribution < 1.29 is 14.3 Å². The number of carbonyl (C=O) groups is 2. The number of nitrogens with one attached hydrogen (secondary N) is 2. The van der Waals surface area contributed by atoms with Crippen molar-refractivity contribution in [1.82, 2.24) is 19.8 Å². The van der Waals surface area contributed by atoms with Gasteiger partial charge in [0.25, 0.3) is 5.91 Å². The maximum atomic E-state index is 12.9. The van der Waals surface area contributed by atoms with Crippen molar-refractivity contribution in [3.05, 3.63) is 47.5 Å². The van der Waals surface area contributed by atoms with Crippen LogP contribution in [0.3, 0.4) is 0 Å². The van der Waals surface area contributed by atoms with Crippen LogP contribution in [-0.4, -0.2) is 52.6 Å². The number of carbonyl (C=O) groups excluding carboxylic acids is 2. The summed E-state index contributed by atoms with van der Waals surface area (Å²) in [6, 6.07) is 6.91. The van der Waals surface area contributed by atoms with Gasteiger partial charge < -0.3 is 24.8 Å². The maximum Gasteiger partial charge on any atom is 0.317 e. The summed E-state index contributed by atoms with van der Waals surface area (Å²) < 4.78 is 8.31. The number of benzene rings is 1. The quantitative estimate of drug-likeness (QED) is 0.804. The van der Waals surface area contributed by atoms with Gasteiger partial charge in [0, 0.05) is 56.1 Å². The van der Waals surface area contributed by atoms with Gasteiger partial charge in [0.1, 0.15) is 11.4 Å². The molecule has 148 valence electrons. The molecule has 1 aromatic carbocycles. The van der Waals surface area contributed by atoms with Gasteiger partial charge >= 0.3 is 6.03 Å². The minimum Gasteiger partial charge on any atom is -0.352 e. The number of anilines is 1. The number of aromatic nitrogens is 2. The number of rotatable bonds is 2. The summed E-state index contributed by atoms with van der Waals surface area (Å²) in [7, 11) is 1.62. The van der Waals surface area contributed by atoms with E-state index in [9.17, 15) is 9.59 Å². The molecule has 0 radical (unpaired) electrons. The molecule has 9 heteroatoms. The highest BCUT2D eigenvalue weighted by Crippen LogP contribution is 2.40. The molecule has 1 spiro atoms. The van der Waals surface area contributed by atoms with Crippen LogP contribution in [0.25, 0.3) is 0 Å². The van der Waals surface area contributed by atoms with Crippen LogP contribution in [0.5, 0.6) is 0 Å². The molecule has 1 fully saturated rings. The Morgan fingerprint density at radius 2 is 2.11 bits per heavy atom. The third-order valence-corrected chi connectivity index (χ3v) is 5.55. The minimum atomic E-state index is -0.678. The van der Waals surface area contributed by atoms with E-state index in [1.165, 1.54) is 0 Å². The van der Waals surface area contributed by atoms with Gasteiger partial charge in [-0.3, -0.25) is 4.79 Å². The second-order valence-corrected chi connectivity index (χ2v) is 7.48. The second kappa shape index (κ2) is 7.44. The third-order valence-electron chi connectivity index (χ3n) is 5.31. The van der Waals surface area contributed by atoms with E-state index in [4.69, 9.17) is 16.3 Å². The number of imidazole rings is 1. The molecule has 2 aliphatic rings. The molecule has 4 rings (SSSR count). The summed E-state index contributed by atoms with van der Waals surface area (Å²) >= 11 is 6.00. The molecule has 28 heavy (non-hydrogen) atoms. The zero-order chi connectivity index (χ0) is 19.7. The Morgan fingerprint density at radius 3 is 2.82 bits per heavy atom. The molecular weight excluding hydrogens is 382 g/mol. The van der Waals surface area contributed by atoms with E-state index in [0.29, 0.717) is 43.2 Å². The molecule has 0 bridgehead atoms. The van der Waals surface area contributed by atoms with Crippen LogP contribution in [0.4, 0.5) is 10.5 Å². The number of nitrogens with zero attached hydrogens (tertiary/aromatic N) is 3. The average Bonchev–Trinajstić information content (AvgIpc) is 3.18. The summed E-state index contributed by atoms with van der Waals surface area (Å²) in [5.74, 6) is 0.589. The van der Waals surface area contributed by atoms with Gasteiger partial charge in [-0.15, -0.1) is 0 Å². The number of halogens is 1. The standard InChI is InChI=1S/C19H22ClN5O3/c1-21-18(27)24-8-5-19(6-9-24)17-22-7-10-25(17)12-15(28-19)16(26)23-14-4-2-3-13(20)11-14/h2-4,7,10-11,15H,5-6,8-9,12H2,1H3,(H,21,27)(H,23,26)/t15-/m1/s1. The Morgan fingerprint density at radius 1 is 1.32 bits per heavy atom. The first-order valence-electron chi connectivity index (χ1n) is 9.23. The van der Waals surface area contributed by atoms with Crippen molar-refractivity contribution in [2.45, 2.75) is 31.1 Å². The van der Waals surface area contributed by atoms with Crippen molar-refractivity contribution >= 4 is 29.2 Å². The molecule has 0 aliphatic carbocycles. The Labute approximate surface area is 167 Å². The molecule has 2 N–H and O–H groups in total. The van der Waals surface area contributed by atoms with E-state index < -0.39 is 11.7 Å². The van der Waals surface area contributed by atoms with Crippen LogP contribution < -0.4 is 10.6 Å². The summed E-state index contributed by atoms with van der Waals surface area (Å²) in [5, 5.41) is 6.08. The largest absolute Gasteiger partial charge is 0.352 e. The summed E-state index contributed by atoms with van der Waals surface area (Å²) in [5.41, 5.74) is -0.0520.